The second-order valence-electron chi connectivity index (χ2n) is 5.56. The summed E-state index contributed by atoms with van der Waals surface area (Å²) in [6.07, 6.45) is 2.50. The van der Waals surface area contributed by atoms with Gasteiger partial charge in [-0.05, 0) is 35.4 Å². The molecule has 3 rings (SSSR count). The van der Waals surface area contributed by atoms with Gasteiger partial charge in [-0.1, -0.05) is 61.5 Å². The highest BCUT2D eigenvalue weighted by molar-refractivity contribution is 5.33. The maximum atomic E-state index is 3.74. The van der Waals surface area contributed by atoms with E-state index < -0.39 is 0 Å². The van der Waals surface area contributed by atoms with Crippen LogP contribution < -0.4 is 5.32 Å². The van der Waals surface area contributed by atoms with Gasteiger partial charge in [-0.3, -0.25) is 0 Å². The Morgan fingerprint density at radius 1 is 1.00 bits per heavy atom. The van der Waals surface area contributed by atoms with E-state index in [1.807, 2.05) is 0 Å². The first-order valence-corrected chi connectivity index (χ1v) is 7.19. The van der Waals surface area contributed by atoms with Gasteiger partial charge in [0.05, 0.1) is 0 Å². The maximum absolute atomic E-state index is 3.74. The van der Waals surface area contributed by atoms with E-state index >= 15 is 0 Å². The van der Waals surface area contributed by atoms with E-state index in [2.05, 4.69) is 66.8 Å². The van der Waals surface area contributed by atoms with Crippen molar-refractivity contribution in [2.45, 2.75) is 32.4 Å². The summed E-state index contributed by atoms with van der Waals surface area (Å²) in [6.45, 7) is 3.31. The van der Waals surface area contributed by atoms with E-state index in [1.54, 1.807) is 0 Å². The van der Waals surface area contributed by atoms with Crippen LogP contribution in [0.5, 0.6) is 0 Å². The molecule has 2 aromatic carbocycles. The fourth-order valence-corrected chi connectivity index (χ4v) is 3.06. The van der Waals surface area contributed by atoms with Crippen molar-refractivity contribution in [1.29, 1.82) is 0 Å². The Kier molecular flexibility index (Phi) is 3.65. The van der Waals surface area contributed by atoms with E-state index in [4.69, 9.17) is 0 Å². The summed E-state index contributed by atoms with van der Waals surface area (Å²) in [7, 11) is 0. The molecule has 0 fully saturated rings. The third-order valence-corrected chi connectivity index (χ3v) is 4.20. The number of nitrogens with one attached hydrogen (secondary N) is 1. The normalized spacial score (nSPS) is 21.9. The van der Waals surface area contributed by atoms with Gasteiger partial charge in [0.1, 0.15) is 0 Å². The van der Waals surface area contributed by atoms with Crippen LogP contribution in [0.4, 0.5) is 0 Å². The van der Waals surface area contributed by atoms with Crippen LogP contribution in [0, 0.1) is 5.92 Å². The van der Waals surface area contributed by atoms with Gasteiger partial charge in [0, 0.05) is 12.6 Å². The van der Waals surface area contributed by atoms with Crippen molar-refractivity contribution in [2.24, 2.45) is 5.92 Å². The SMILES string of the molecule is C[C@H]1CCc2ccccc2[C@@H]1NCc1ccccc1. The molecule has 98 valence electrons. The van der Waals surface area contributed by atoms with Gasteiger partial charge in [-0.15, -0.1) is 0 Å². The number of rotatable bonds is 3. The summed E-state index contributed by atoms with van der Waals surface area (Å²) < 4.78 is 0. The molecule has 0 saturated heterocycles. The summed E-state index contributed by atoms with van der Waals surface area (Å²) in [6, 6.07) is 20.0. The molecule has 19 heavy (non-hydrogen) atoms. The molecule has 0 amide bonds. The predicted octanol–water partition coefficient (Wildman–Crippen LogP) is 4.10. The standard InChI is InChI=1S/C18H21N/c1-14-11-12-16-9-5-6-10-17(16)18(14)19-13-15-7-3-2-4-8-15/h2-10,14,18-19H,11-13H2,1H3/t14-,18+/m0/s1. The van der Waals surface area contributed by atoms with Crippen LogP contribution in [-0.2, 0) is 13.0 Å². The zero-order valence-corrected chi connectivity index (χ0v) is 11.5. The molecule has 0 unspecified atom stereocenters. The minimum absolute atomic E-state index is 0.491. The van der Waals surface area contributed by atoms with E-state index in [-0.39, 0.29) is 0 Å². The van der Waals surface area contributed by atoms with Gasteiger partial charge in [0.15, 0.2) is 0 Å². The molecule has 1 N–H and O–H groups in total. The lowest BCUT2D eigenvalue weighted by Crippen LogP contribution is -2.30. The second kappa shape index (κ2) is 5.58. The highest BCUT2D eigenvalue weighted by atomic mass is 14.9. The lowest BCUT2D eigenvalue weighted by atomic mass is 9.80. The van der Waals surface area contributed by atoms with Crippen LogP contribution in [0.25, 0.3) is 0 Å². The molecule has 0 heterocycles. The fraction of sp³-hybridized carbons (Fsp3) is 0.333. The predicted molar refractivity (Wildman–Crippen MR) is 79.9 cm³/mol. The molecule has 0 radical (unpaired) electrons. The van der Waals surface area contributed by atoms with Gasteiger partial charge in [0.2, 0.25) is 0 Å². The van der Waals surface area contributed by atoms with Crippen molar-refractivity contribution in [2.75, 3.05) is 0 Å². The molecule has 0 aliphatic heterocycles. The third-order valence-electron chi connectivity index (χ3n) is 4.20. The molecule has 1 aliphatic carbocycles. The van der Waals surface area contributed by atoms with Gasteiger partial charge < -0.3 is 5.32 Å². The van der Waals surface area contributed by atoms with Crippen molar-refractivity contribution in [3.05, 3.63) is 71.3 Å². The zero-order chi connectivity index (χ0) is 13.1. The van der Waals surface area contributed by atoms with Crippen molar-refractivity contribution in [3.8, 4) is 0 Å². The van der Waals surface area contributed by atoms with Gasteiger partial charge in [0.25, 0.3) is 0 Å². The Hall–Kier alpha value is -1.60. The lowest BCUT2D eigenvalue weighted by Gasteiger charge is -2.32. The van der Waals surface area contributed by atoms with Crippen molar-refractivity contribution in [3.63, 3.8) is 0 Å². The summed E-state index contributed by atoms with van der Waals surface area (Å²) in [5, 5.41) is 3.74. The average Bonchev–Trinajstić information content (AvgIpc) is 2.47. The Bertz CT molecular complexity index is 532. The first kappa shape index (κ1) is 12.4. The number of hydrogen-bond donors (Lipinski definition) is 1. The minimum atomic E-state index is 0.491. The van der Waals surface area contributed by atoms with E-state index in [0.29, 0.717) is 12.0 Å². The second-order valence-corrected chi connectivity index (χ2v) is 5.56. The van der Waals surface area contributed by atoms with Crippen LogP contribution in [0.15, 0.2) is 54.6 Å². The van der Waals surface area contributed by atoms with Crippen LogP contribution in [0.2, 0.25) is 0 Å². The molecular weight excluding hydrogens is 230 g/mol. The molecule has 1 heteroatoms. The minimum Gasteiger partial charge on any atom is -0.306 e. The lowest BCUT2D eigenvalue weighted by molar-refractivity contribution is 0.343. The Balaban J connectivity index is 1.77. The molecule has 1 nitrogen and oxygen atoms in total. The van der Waals surface area contributed by atoms with Crippen LogP contribution in [0.3, 0.4) is 0 Å². The molecule has 1 aliphatic rings. The first-order chi connectivity index (χ1) is 9.34. The van der Waals surface area contributed by atoms with Crippen LogP contribution in [-0.4, -0.2) is 0 Å². The monoisotopic (exact) mass is 251 g/mol. The Morgan fingerprint density at radius 2 is 1.74 bits per heavy atom. The quantitative estimate of drug-likeness (QED) is 0.866. The average molecular weight is 251 g/mol. The summed E-state index contributed by atoms with van der Waals surface area (Å²) >= 11 is 0. The third kappa shape index (κ3) is 2.71. The number of hydrogen-bond acceptors (Lipinski definition) is 1. The zero-order valence-electron chi connectivity index (χ0n) is 11.5. The van der Waals surface area contributed by atoms with Crippen molar-refractivity contribution < 1.29 is 0 Å². The molecular formula is C18H21N. The molecule has 0 saturated carbocycles. The van der Waals surface area contributed by atoms with Crippen molar-refractivity contribution >= 4 is 0 Å². The fourth-order valence-electron chi connectivity index (χ4n) is 3.06. The topological polar surface area (TPSA) is 12.0 Å². The summed E-state index contributed by atoms with van der Waals surface area (Å²) in [5.41, 5.74) is 4.38. The highest BCUT2D eigenvalue weighted by Gasteiger charge is 2.25. The molecule has 2 aromatic rings. The highest BCUT2D eigenvalue weighted by Crippen LogP contribution is 2.34. The summed E-state index contributed by atoms with van der Waals surface area (Å²) in [4.78, 5) is 0. The first-order valence-electron chi connectivity index (χ1n) is 7.19. The Labute approximate surface area is 115 Å². The molecule has 0 spiro atoms. The smallest absolute Gasteiger partial charge is 0.0351 e. The van der Waals surface area contributed by atoms with E-state index in [1.165, 1.54) is 29.5 Å². The maximum Gasteiger partial charge on any atom is 0.0351 e. The van der Waals surface area contributed by atoms with E-state index in [0.717, 1.165) is 6.54 Å². The van der Waals surface area contributed by atoms with Crippen LogP contribution in [0.1, 0.15) is 36.1 Å². The number of aryl methyl sites for hydroxylation is 1. The summed E-state index contributed by atoms with van der Waals surface area (Å²) in [5.74, 6) is 0.707. The largest absolute Gasteiger partial charge is 0.306 e. The molecule has 0 aromatic heterocycles. The van der Waals surface area contributed by atoms with Gasteiger partial charge in [-0.25, -0.2) is 0 Å². The van der Waals surface area contributed by atoms with Crippen molar-refractivity contribution in [1.82, 2.24) is 5.32 Å². The number of benzene rings is 2. The van der Waals surface area contributed by atoms with E-state index in [9.17, 15) is 0 Å². The molecule has 2 atom stereocenters. The molecule has 0 bridgehead atoms. The van der Waals surface area contributed by atoms with Gasteiger partial charge >= 0.3 is 0 Å². The van der Waals surface area contributed by atoms with Gasteiger partial charge in [-0.2, -0.15) is 0 Å². The number of fused-ring (bicyclic) bond motifs is 1. The van der Waals surface area contributed by atoms with Crippen LogP contribution >= 0.6 is 0 Å². The Morgan fingerprint density at radius 3 is 2.58 bits per heavy atom.